The molecule has 8 heteroatoms. The number of rotatable bonds is 2. The topological polar surface area (TPSA) is 55.6 Å². The van der Waals surface area contributed by atoms with Gasteiger partial charge in [0.05, 0.1) is 18.4 Å². The summed E-state index contributed by atoms with van der Waals surface area (Å²) < 4.78 is 43.3. The maximum atomic E-state index is 12.7. The van der Waals surface area contributed by atoms with Crippen LogP contribution in [-0.4, -0.2) is 13.1 Å². The number of nitrogens with zero attached hydrogens (tertiary/aromatic N) is 1. The Morgan fingerprint density at radius 2 is 2.06 bits per heavy atom. The summed E-state index contributed by atoms with van der Waals surface area (Å²) in [5.74, 6) is 0.0206. The molecule has 0 bridgehead atoms. The highest BCUT2D eigenvalue weighted by Gasteiger charge is 2.35. The number of anilines is 1. The quantitative estimate of drug-likeness (QED) is 0.808. The van der Waals surface area contributed by atoms with Gasteiger partial charge in [0.15, 0.2) is 0 Å². The van der Waals surface area contributed by atoms with Gasteiger partial charge in [-0.25, -0.2) is 9.10 Å². The first-order valence-electron chi connectivity index (χ1n) is 4.31. The van der Waals surface area contributed by atoms with Crippen LogP contribution in [0.15, 0.2) is 18.2 Å². The average molecular weight is 266 g/mol. The van der Waals surface area contributed by atoms with Gasteiger partial charge >= 0.3 is 12.2 Å². The molecule has 1 aromatic rings. The van der Waals surface area contributed by atoms with E-state index in [9.17, 15) is 18.0 Å². The third-order valence-electron chi connectivity index (χ3n) is 1.95. The summed E-state index contributed by atoms with van der Waals surface area (Å²) in [4.78, 5) is 10.8. The molecule has 0 atom stereocenters. The molecule has 4 nitrogen and oxygen atoms in total. The van der Waals surface area contributed by atoms with Crippen molar-refractivity contribution in [2.24, 2.45) is 5.73 Å². The number of carbonyl (C=O) groups excluding carboxylic acids is 1. The second-order valence-electron chi connectivity index (χ2n) is 3.03. The molecule has 1 aromatic carbocycles. The molecule has 94 valence electrons. The highest BCUT2D eigenvalue weighted by molar-refractivity contribution is 7.82. The molecule has 0 spiro atoms. The number of alkyl halides is 3. The second-order valence-corrected chi connectivity index (χ2v) is 3.43. The Kier molecular flexibility index (Phi) is 3.76. The van der Waals surface area contributed by atoms with Crippen molar-refractivity contribution in [1.29, 1.82) is 0 Å². The number of benzene rings is 1. The molecule has 1 rings (SSSR count). The number of primary amides is 1. The number of nitrogens with two attached hydrogens (primary N) is 1. The molecular weight excluding hydrogens is 257 g/mol. The van der Waals surface area contributed by atoms with Crippen LogP contribution in [0.25, 0.3) is 0 Å². The highest BCUT2D eigenvalue weighted by atomic mass is 32.1. The summed E-state index contributed by atoms with van der Waals surface area (Å²) in [6.07, 6.45) is -4.64. The van der Waals surface area contributed by atoms with Gasteiger partial charge < -0.3 is 10.5 Å². The van der Waals surface area contributed by atoms with Crippen LogP contribution in [0.2, 0.25) is 0 Å². The van der Waals surface area contributed by atoms with Crippen LogP contribution in [0.5, 0.6) is 5.75 Å². The lowest BCUT2D eigenvalue weighted by atomic mass is 10.1. The molecule has 17 heavy (non-hydrogen) atoms. The number of carbonyl (C=O) groups is 1. The standard InChI is InChI=1S/C9H9F3N2O2S/c1-16-5-2-3-7(14(17)8(13)15)6(4-5)9(10,11)12/h2-4,17H,1H3,(H2,13,15). The predicted octanol–water partition coefficient (Wildman–Crippen LogP) is 2.44. The number of urea groups is 1. The van der Waals surface area contributed by atoms with Crippen LogP contribution in [0.3, 0.4) is 0 Å². The zero-order valence-corrected chi connectivity index (χ0v) is 9.55. The Labute approximate surface area is 101 Å². The highest BCUT2D eigenvalue weighted by Crippen LogP contribution is 2.39. The number of thiol groups is 1. The van der Waals surface area contributed by atoms with Crippen molar-refractivity contribution in [1.82, 2.24) is 0 Å². The molecule has 2 amide bonds. The third-order valence-corrected chi connectivity index (χ3v) is 2.36. The van der Waals surface area contributed by atoms with Crippen molar-refractivity contribution in [3.63, 3.8) is 0 Å². The van der Waals surface area contributed by atoms with E-state index >= 15 is 0 Å². The van der Waals surface area contributed by atoms with Crippen LogP contribution in [0, 0.1) is 0 Å². The largest absolute Gasteiger partial charge is 0.497 e. The number of methoxy groups -OCH3 is 1. The molecule has 0 fully saturated rings. The number of hydrogen-bond acceptors (Lipinski definition) is 3. The zero-order chi connectivity index (χ0) is 13.2. The van der Waals surface area contributed by atoms with Crippen molar-refractivity contribution in [2.75, 3.05) is 11.4 Å². The summed E-state index contributed by atoms with van der Waals surface area (Å²) in [6.45, 7) is 0. The van der Waals surface area contributed by atoms with Crippen molar-refractivity contribution in [2.45, 2.75) is 6.18 Å². The SMILES string of the molecule is COc1ccc(N(S)C(N)=O)c(C(F)(F)F)c1. The molecule has 0 saturated heterocycles. The van der Waals surface area contributed by atoms with Gasteiger partial charge in [0.1, 0.15) is 5.75 Å². The lowest BCUT2D eigenvalue weighted by Crippen LogP contribution is -2.29. The van der Waals surface area contributed by atoms with E-state index < -0.39 is 23.5 Å². The fourth-order valence-electron chi connectivity index (χ4n) is 1.17. The minimum Gasteiger partial charge on any atom is -0.497 e. The first-order valence-corrected chi connectivity index (χ1v) is 4.71. The van der Waals surface area contributed by atoms with E-state index in [1.165, 1.54) is 13.2 Å². The molecule has 0 unspecified atom stereocenters. The first kappa shape index (κ1) is 13.5. The fourth-order valence-corrected chi connectivity index (χ4v) is 1.35. The van der Waals surface area contributed by atoms with E-state index in [1.54, 1.807) is 0 Å². The molecule has 0 saturated carbocycles. The molecule has 0 aliphatic rings. The number of ether oxygens (including phenoxy) is 1. The summed E-state index contributed by atoms with van der Waals surface area (Å²) in [6, 6.07) is 1.99. The normalized spacial score (nSPS) is 11.1. The van der Waals surface area contributed by atoms with E-state index in [1.807, 2.05) is 0 Å². The van der Waals surface area contributed by atoms with Crippen LogP contribution in [0.1, 0.15) is 5.56 Å². The Morgan fingerprint density at radius 3 is 2.47 bits per heavy atom. The Morgan fingerprint density at radius 1 is 1.47 bits per heavy atom. The monoisotopic (exact) mass is 266 g/mol. The summed E-state index contributed by atoms with van der Waals surface area (Å²) in [5.41, 5.74) is 3.36. The molecule has 0 aliphatic carbocycles. The maximum Gasteiger partial charge on any atom is 0.418 e. The summed E-state index contributed by atoms with van der Waals surface area (Å²) >= 11 is 3.60. The minimum absolute atomic E-state index is 0.0206. The van der Waals surface area contributed by atoms with E-state index in [-0.39, 0.29) is 5.75 Å². The van der Waals surface area contributed by atoms with E-state index in [4.69, 9.17) is 5.73 Å². The Hall–Kier alpha value is -1.57. The van der Waals surface area contributed by atoms with Crippen LogP contribution in [0.4, 0.5) is 23.7 Å². The van der Waals surface area contributed by atoms with E-state index in [0.29, 0.717) is 4.31 Å². The van der Waals surface area contributed by atoms with Crippen LogP contribution in [-0.2, 0) is 6.18 Å². The van der Waals surface area contributed by atoms with Gasteiger partial charge in [0, 0.05) is 0 Å². The van der Waals surface area contributed by atoms with Gasteiger partial charge in [-0.05, 0) is 18.2 Å². The third kappa shape index (κ3) is 2.96. The molecule has 2 N–H and O–H groups in total. The Bertz CT molecular complexity index is 437. The van der Waals surface area contributed by atoms with Crippen molar-refractivity contribution in [3.05, 3.63) is 23.8 Å². The molecular formula is C9H9F3N2O2S. The smallest absolute Gasteiger partial charge is 0.418 e. The molecule has 0 aromatic heterocycles. The molecule has 0 radical (unpaired) electrons. The lowest BCUT2D eigenvalue weighted by molar-refractivity contribution is -0.137. The van der Waals surface area contributed by atoms with Gasteiger partial charge in [0.25, 0.3) is 0 Å². The van der Waals surface area contributed by atoms with Gasteiger partial charge in [-0.2, -0.15) is 13.2 Å². The van der Waals surface area contributed by atoms with Crippen molar-refractivity contribution < 1.29 is 22.7 Å². The van der Waals surface area contributed by atoms with Gasteiger partial charge in [-0.15, -0.1) is 0 Å². The second kappa shape index (κ2) is 4.74. The summed E-state index contributed by atoms with van der Waals surface area (Å²) in [5, 5.41) is 0. The average Bonchev–Trinajstić information content (AvgIpc) is 2.26. The number of hydrogen-bond donors (Lipinski definition) is 2. The van der Waals surface area contributed by atoms with E-state index in [2.05, 4.69) is 17.6 Å². The van der Waals surface area contributed by atoms with Gasteiger partial charge in [-0.3, -0.25) is 0 Å². The zero-order valence-electron chi connectivity index (χ0n) is 8.65. The molecule has 0 aliphatic heterocycles. The van der Waals surface area contributed by atoms with E-state index in [0.717, 1.165) is 12.1 Å². The Balaban J connectivity index is 3.35. The van der Waals surface area contributed by atoms with Crippen LogP contribution >= 0.6 is 12.8 Å². The minimum atomic E-state index is -4.64. The molecule has 0 heterocycles. The lowest BCUT2D eigenvalue weighted by Gasteiger charge is -2.19. The van der Waals surface area contributed by atoms with Crippen LogP contribution < -0.4 is 14.8 Å². The first-order chi connectivity index (χ1) is 7.77. The van der Waals surface area contributed by atoms with Crippen molar-refractivity contribution >= 4 is 24.5 Å². The fraction of sp³-hybridized carbons (Fsp3) is 0.222. The van der Waals surface area contributed by atoms with Gasteiger partial charge in [0.2, 0.25) is 0 Å². The maximum absolute atomic E-state index is 12.7. The van der Waals surface area contributed by atoms with Crippen molar-refractivity contribution in [3.8, 4) is 5.75 Å². The summed E-state index contributed by atoms with van der Waals surface area (Å²) in [7, 11) is 1.24. The number of amides is 2. The predicted molar refractivity (Wildman–Crippen MR) is 59.0 cm³/mol. The number of halogens is 3. The van der Waals surface area contributed by atoms with Gasteiger partial charge in [-0.1, -0.05) is 12.8 Å².